The maximum Gasteiger partial charge on any atom is 0.125 e. The van der Waals surface area contributed by atoms with E-state index >= 15 is 0 Å². The van der Waals surface area contributed by atoms with E-state index in [1.165, 1.54) is 31.2 Å². The molecular weight excluding hydrogens is 236 g/mol. The fourth-order valence-corrected chi connectivity index (χ4v) is 2.97. The molecular formula is C16H26N2O. The summed E-state index contributed by atoms with van der Waals surface area (Å²) in [5.41, 5.74) is 7.78. The van der Waals surface area contributed by atoms with E-state index in [-0.39, 0.29) is 0 Å². The summed E-state index contributed by atoms with van der Waals surface area (Å²) in [4.78, 5) is 2.46. The molecule has 3 nitrogen and oxygen atoms in total. The molecule has 0 spiro atoms. The van der Waals surface area contributed by atoms with Gasteiger partial charge in [0.25, 0.3) is 0 Å². The largest absolute Gasteiger partial charge is 0.496 e. The molecule has 1 saturated carbocycles. The van der Waals surface area contributed by atoms with Crippen molar-refractivity contribution in [3.8, 4) is 5.75 Å². The van der Waals surface area contributed by atoms with Gasteiger partial charge in [0.1, 0.15) is 5.75 Å². The fraction of sp³-hybridized carbons (Fsp3) is 0.625. The zero-order chi connectivity index (χ0) is 13.8. The Balaban J connectivity index is 2.00. The molecule has 0 aliphatic heterocycles. The molecule has 1 aliphatic carbocycles. The van der Waals surface area contributed by atoms with Crippen LogP contribution in [0.2, 0.25) is 0 Å². The molecule has 1 fully saturated rings. The van der Waals surface area contributed by atoms with Gasteiger partial charge in [-0.1, -0.05) is 13.0 Å². The second-order valence-electron chi connectivity index (χ2n) is 5.90. The molecule has 0 saturated heterocycles. The number of ether oxygens (including phenoxy) is 1. The number of benzene rings is 1. The summed E-state index contributed by atoms with van der Waals surface area (Å²) < 4.78 is 5.42. The SMILES string of the molecule is COc1cc(N)ccc1CN(C)C1CCC(C)CC1. The van der Waals surface area contributed by atoms with Gasteiger partial charge in [0.15, 0.2) is 0 Å². The van der Waals surface area contributed by atoms with Crippen molar-refractivity contribution in [1.82, 2.24) is 4.90 Å². The zero-order valence-electron chi connectivity index (χ0n) is 12.4. The van der Waals surface area contributed by atoms with Crippen LogP contribution in [0.5, 0.6) is 5.75 Å². The third-order valence-electron chi connectivity index (χ3n) is 4.34. The van der Waals surface area contributed by atoms with Crippen LogP contribution in [0, 0.1) is 5.92 Å². The summed E-state index contributed by atoms with van der Waals surface area (Å²) in [6.07, 6.45) is 5.34. The molecule has 106 valence electrons. The Kier molecular flexibility index (Phi) is 4.70. The predicted octanol–water partition coefficient (Wildman–Crippen LogP) is 3.29. The van der Waals surface area contributed by atoms with Gasteiger partial charge in [-0.2, -0.15) is 0 Å². The summed E-state index contributed by atoms with van der Waals surface area (Å²) in [6.45, 7) is 3.29. The molecule has 1 aromatic rings. The van der Waals surface area contributed by atoms with Crippen molar-refractivity contribution in [2.45, 2.75) is 45.2 Å². The molecule has 2 rings (SSSR count). The molecule has 0 amide bonds. The summed E-state index contributed by atoms with van der Waals surface area (Å²) in [7, 11) is 3.93. The Bertz CT molecular complexity index is 411. The maximum absolute atomic E-state index is 5.80. The minimum absolute atomic E-state index is 0.707. The third-order valence-corrected chi connectivity index (χ3v) is 4.34. The standard InChI is InChI=1S/C16H26N2O/c1-12-4-8-15(9-5-12)18(2)11-13-6-7-14(17)10-16(13)19-3/h6-7,10,12,15H,4-5,8-9,11,17H2,1-3H3. The Morgan fingerprint density at radius 2 is 1.95 bits per heavy atom. The van der Waals surface area contributed by atoms with E-state index in [2.05, 4.69) is 24.9 Å². The van der Waals surface area contributed by atoms with Crippen LogP contribution in [0.15, 0.2) is 18.2 Å². The van der Waals surface area contributed by atoms with Gasteiger partial charge >= 0.3 is 0 Å². The number of nitrogen functional groups attached to an aromatic ring is 1. The van der Waals surface area contributed by atoms with Crippen LogP contribution in [0.3, 0.4) is 0 Å². The van der Waals surface area contributed by atoms with Gasteiger partial charge in [-0.3, -0.25) is 4.90 Å². The summed E-state index contributed by atoms with van der Waals surface area (Å²) in [6, 6.07) is 6.65. The number of hydrogen-bond donors (Lipinski definition) is 1. The van der Waals surface area contributed by atoms with E-state index in [0.717, 1.165) is 23.9 Å². The second-order valence-corrected chi connectivity index (χ2v) is 5.90. The highest BCUT2D eigenvalue weighted by Crippen LogP contribution is 2.29. The predicted molar refractivity (Wildman–Crippen MR) is 80.3 cm³/mol. The first-order valence-electron chi connectivity index (χ1n) is 7.22. The van der Waals surface area contributed by atoms with Gasteiger partial charge in [-0.15, -0.1) is 0 Å². The van der Waals surface area contributed by atoms with Crippen LogP contribution < -0.4 is 10.5 Å². The van der Waals surface area contributed by atoms with E-state index in [0.29, 0.717) is 6.04 Å². The van der Waals surface area contributed by atoms with Crippen molar-refractivity contribution in [1.29, 1.82) is 0 Å². The van der Waals surface area contributed by atoms with E-state index in [4.69, 9.17) is 10.5 Å². The fourth-order valence-electron chi connectivity index (χ4n) is 2.97. The van der Waals surface area contributed by atoms with Crippen molar-refractivity contribution < 1.29 is 4.74 Å². The Labute approximate surface area is 116 Å². The quantitative estimate of drug-likeness (QED) is 0.846. The van der Waals surface area contributed by atoms with Crippen LogP contribution in [-0.4, -0.2) is 25.1 Å². The second kappa shape index (κ2) is 6.29. The lowest BCUT2D eigenvalue weighted by atomic mass is 9.86. The van der Waals surface area contributed by atoms with Crippen LogP contribution in [0.1, 0.15) is 38.2 Å². The average Bonchev–Trinajstić information content (AvgIpc) is 2.41. The normalized spacial score (nSPS) is 23.6. The van der Waals surface area contributed by atoms with Crippen LogP contribution in [-0.2, 0) is 6.54 Å². The Morgan fingerprint density at radius 1 is 1.26 bits per heavy atom. The lowest BCUT2D eigenvalue weighted by molar-refractivity contribution is 0.162. The number of nitrogens with zero attached hydrogens (tertiary/aromatic N) is 1. The number of hydrogen-bond acceptors (Lipinski definition) is 3. The lowest BCUT2D eigenvalue weighted by Crippen LogP contribution is -2.34. The van der Waals surface area contributed by atoms with Crippen molar-refractivity contribution in [3.05, 3.63) is 23.8 Å². The summed E-state index contributed by atoms with van der Waals surface area (Å²) in [5.74, 6) is 1.80. The topological polar surface area (TPSA) is 38.5 Å². The molecule has 2 N–H and O–H groups in total. The third kappa shape index (κ3) is 3.63. The molecule has 1 aliphatic rings. The average molecular weight is 262 g/mol. The van der Waals surface area contributed by atoms with Gasteiger partial charge in [0.05, 0.1) is 7.11 Å². The van der Waals surface area contributed by atoms with Crippen molar-refractivity contribution in [2.75, 3.05) is 19.9 Å². The first-order valence-corrected chi connectivity index (χ1v) is 7.22. The molecule has 0 bridgehead atoms. The first kappa shape index (κ1) is 14.2. The highest BCUT2D eigenvalue weighted by molar-refractivity contribution is 5.48. The maximum atomic E-state index is 5.80. The van der Waals surface area contributed by atoms with Crippen molar-refractivity contribution in [3.63, 3.8) is 0 Å². The van der Waals surface area contributed by atoms with E-state index < -0.39 is 0 Å². The molecule has 1 aromatic carbocycles. The molecule has 0 heterocycles. The van der Waals surface area contributed by atoms with Gasteiger partial charge in [0, 0.05) is 29.9 Å². The van der Waals surface area contributed by atoms with Gasteiger partial charge in [-0.05, 0) is 44.7 Å². The number of nitrogens with two attached hydrogens (primary N) is 1. The zero-order valence-corrected chi connectivity index (χ0v) is 12.4. The molecule has 3 heteroatoms. The molecule has 0 aromatic heterocycles. The van der Waals surface area contributed by atoms with E-state index in [9.17, 15) is 0 Å². The molecule has 0 unspecified atom stereocenters. The smallest absolute Gasteiger partial charge is 0.125 e. The van der Waals surface area contributed by atoms with Crippen LogP contribution in [0.4, 0.5) is 5.69 Å². The highest BCUT2D eigenvalue weighted by Gasteiger charge is 2.22. The first-order chi connectivity index (χ1) is 9.10. The minimum Gasteiger partial charge on any atom is -0.496 e. The van der Waals surface area contributed by atoms with Gasteiger partial charge in [0.2, 0.25) is 0 Å². The van der Waals surface area contributed by atoms with Crippen molar-refractivity contribution in [2.24, 2.45) is 5.92 Å². The summed E-state index contributed by atoms with van der Waals surface area (Å²) >= 11 is 0. The summed E-state index contributed by atoms with van der Waals surface area (Å²) in [5, 5.41) is 0. The lowest BCUT2D eigenvalue weighted by Gasteiger charge is -2.33. The van der Waals surface area contributed by atoms with Gasteiger partial charge in [-0.25, -0.2) is 0 Å². The minimum atomic E-state index is 0.707. The number of anilines is 1. The molecule has 0 atom stereocenters. The monoisotopic (exact) mass is 262 g/mol. The highest BCUT2D eigenvalue weighted by atomic mass is 16.5. The molecule has 0 radical (unpaired) electrons. The van der Waals surface area contributed by atoms with Crippen LogP contribution in [0.25, 0.3) is 0 Å². The van der Waals surface area contributed by atoms with Crippen molar-refractivity contribution >= 4 is 5.69 Å². The van der Waals surface area contributed by atoms with E-state index in [1.807, 2.05) is 12.1 Å². The number of rotatable bonds is 4. The Hall–Kier alpha value is -1.22. The Morgan fingerprint density at radius 3 is 2.58 bits per heavy atom. The number of methoxy groups -OCH3 is 1. The van der Waals surface area contributed by atoms with Crippen LogP contribution >= 0.6 is 0 Å². The molecule has 19 heavy (non-hydrogen) atoms. The van der Waals surface area contributed by atoms with E-state index in [1.54, 1.807) is 7.11 Å². The van der Waals surface area contributed by atoms with Gasteiger partial charge < -0.3 is 10.5 Å².